The average Bonchev–Trinajstić information content (AvgIpc) is 3.41. The van der Waals surface area contributed by atoms with E-state index >= 15 is 0 Å². The van der Waals surface area contributed by atoms with Crippen LogP contribution in [0.1, 0.15) is 98.9 Å². The van der Waals surface area contributed by atoms with E-state index in [-0.39, 0.29) is 0 Å². The van der Waals surface area contributed by atoms with Crippen molar-refractivity contribution in [1.29, 1.82) is 0 Å². The lowest BCUT2D eigenvalue weighted by atomic mass is 9.76. The molecule has 38 heavy (non-hydrogen) atoms. The maximum Gasteiger partial charge on any atom is 0.0957 e. The predicted molar refractivity (Wildman–Crippen MR) is 155 cm³/mol. The van der Waals surface area contributed by atoms with Gasteiger partial charge in [0.05, 0.1) is 48.5 Å². The molecule has 6 heteroatoms. The van der Waals surface area contributed by atoms with Crippen LogP contribution in [0.25, 0.3) is 22.5 Å². The van der Waals surface area contributed by atoms with E-state index in [1.165, 1.54) is 99.6 Å². The van der Waals surface area contributed by atoms with E-state index in [0.717, 1.165) is 22.7 Å². The summed E-state index contributed by atoms with van der Waals surface area (Å²) in [6.45, 7) is 0. The van der Waals surface area contributed by atoms with Gasteiger partial charge in [-0.05, 0) is 123 Å². The van der Waals surface area contributed by atoms with Crippen LogP contribution in [0.2, 0.25) is 0 Å². The largest absolute Gasteiger partial charge is 0.322 e. The smallest absolute Gasteiger partial charge is 0.0957 e. The van der Waals surface area contributed by atoms with E-state index in [4.69, 9.17) is 0 Å². The quantitative estimate of drug-likeness (QED) is 0.254. The lowest BCUT2D eigenvalue weighted by Gasteiger charge is -2.33. The Labute approximate surface area is 233 Å². The topological polar surface area (TPSA) is 35.6 Å². The second-order valence-corrected chi connectivity index (χ2v) is 15.2. The molecule has 0 bridgehead atoms. The minimum absolute atomic E-state index is 0.587. The van der Waals surface area contributed by atoms with Gasteiger partial charge < -0.3 is 9.13 Å². The van der Waals surface area contributed by atoms with Gasteiger partial charge in [0, 0.05) is 20.9 Å². The molecule has 0 unspecified atom stereocenters. The van der Waals surface area contributed by atoms with Crippen molar-refractivity contribution in [2.24, 2.45) is 22.7 Å². The van der Waals surface area contributed by atoms with E-state index in [9.17, 15) is 0 Å². The number of hydrogen-bond acceptors (Lipinski definition) is 4. The van der Waals surface area contributed by atoms with Crippen LogP contribution in [-0.2, 0) is 0 Å². The third kappa shape index (κ3) is 3.38. The van der Waals surface area contributed by atoms with E-state index < -0.39 is 0 Å². The Bertz CT molecular complexity index is 1280. The maximum absolute atomic E-state index is 4.38. The fraction of sp³-hybridized carbons (Fsp3) is 0.562. The number of hydrogen-bond donors (Lipinski definition) is 0. The van der Waals surface area contributed by atoms with Crippen LogP contribution in [-0.4, -0.2) is 19.1 Å². The lowest BCUT2D eigenvalue weighted by Crippen LogP contribution is -2.23. The van der Waals surface area contributed by atoms with Gasteiger partial charge in [0.15, 0.2) is 0 Å². The first-order valence-electron chi connectivity index (χ1n) is 14.9. The molecule has 2 aliphatic heterocycles. The van der Waals surface area contributed by atoms with Crippen LogP contribution in [0.3, 0.4) is 0 Å². The van der Waals surface area contributed by atoms with Crippen molar-refractivity contribution >= 4 is 22.7 Å². The van der Waals surface area contributed by atoms with Gasteiger partial charge in [-0.15, -0.1) is 22.7 Å². The minimum atomic E-state index is 0.587. The number of nitrogens with zero attached hydrogens (tertiary/aromatic N) is 4. The molecule has 4 saturated carbocycles. The third-order valence-electron chi connectivity index (χ3n) is 11.4. The van der Waals surface area contributed by atoms with Crippen molar-refractivity contribution in [2.45, 2.75) is 89.1 Å². The second-order valence-electron chi connectivity index (χ2n) is 13.3. The molecule has 4 aromatic rings. The molecule has 10 rings (SSSR count). The van der Waals surface area contributed by atoms with Gasteiger partial charge in [0.25, 0.3) is 0 Å². The van der Waals surface area contributed by atoms with Crippen molar-refractivity contribution in [3.05, 3.63) is 57.7 Å². The molecule has 6 heterocycles. The molecule has 0 aromatic carbocycles. The van der Waals surface area contributed by atoms with Crippen LogP contribution in [0.15, 0.2) is 47.9 Å². The van der Waals surface area contributed by atoms with Crippen molar-refractivity contribution in [2.75, 3.05) is 0 Å². The van der Waals surface area contributed by atoms with Crippen LogP contribution in [0.4, 0.5) is 0 Å². The Balaban J connectivity index is 0.000000111. The number of thiophene rings is 2. The highest BCUT2D eigenvalue weighted by Gasteiger charge is 2.48. The van der Waals surface area contributed by atoms with Crippen molar-refractivity contribution in [3.8, 4) is 22.5 Å². The van der Waals surface area contributed by atoms with Crippen LogP contribution in [0.5, 0.6) is 0 Å². The van der Waals surface area contributed by atoms with Crippen molar-refractivity contribution < 1.29 is 0 Å². The zero-order valence-corrected chi connectivity index (χ0v) is 23.7. The SMILES string of the molecule is c1cc2c(s1)[C@@H](C1CCC3(CC1)CC3)n1cncc1-2.c1cc2c(s1)[C@H](C1CCC3(CC1)CC3)n1cncc1-2. The molecule has 0 saturated heterocycles. The van der Waals surface area contributed by atoms with E-state index in [1.54, 1.807) is 9.75 Å². The van der Waals surface area contributed by atoms with Crippen LogP contribution >= 0.6 is 22.7 Å². The Hall–Kier alpha value is -2.18. The standard InChI is InChI=1S/2C16H18N2S/c2*1-4-16(6-7-16)5-2-11(1)14-15-12(3-8-19-15)13-9-17-10-18(13)14/h2*3,8-11,14H,1-2,4-7H2/t2*14-/m10/s1. The van der Waals surface area contributed by atoms with Crippen molar-refractivity contribution in [3.63, 3.8) is 0 Å². The van der Waals surface area contributed by atoms with Gasteiger partial charge in [-0.2, -0.15) is 0 Å². The van der Waals surface area contributed by atoms with Gasteiger partial charge >= 0.3 is 0 Å². The molecule has 6 aliphatic rings. The number of aromatic nitrogens is 4. The zero-order valence-electron chi connectivity index (χ0n) is 22.0. The predicted octanol–water partition coefficient (Wildman–Crippen LogP) is 8.97. The molecule has 0 N–H and O–H groups in total. The molecule has 4 aromatic heterocycles. The third-order valence-corrected chi connectivity index (χ3v) is 13.4. The normalized spacial score (nSPS) is 28.9. The molecule has 4 aliphatic carbocycles. The highest BCUT2D eigenvalue weighted by atomic mass is 32.1. The monoisotopic (exact) mass is 540 g/mol. The van der Waals surface area contributed by atoms with Crippen LogP contribution < -0.4 is 0 Å². The molecule has 2 atom stereocenters. The van der Waals surface area contributed by atoms with Gasteiger partial charge in [-0.1, -0.05) is 0 Å². The molecule has 0 amide bonds. The minimum Gasteiger partial charge on any atom is -0.322 e. The summed E-state index contributed by atoms with van der Waals surface area (Å²) in [6, 6.07) is 5.73. The summed E-state index contributed by atoms with van der Waals surface area (Å²) in [5.41, 5.74) is 7.16. The Kier molecular flexibility index (Phi) is 4.86. The summed E-state index contributed by atoms with van der Waals surface area (Å²) in [4.78, 5) is 11.9. The highest BCUT2D eigenvalue weighted by Crippen LogP contribution is 2.61. The molecule has 4 fully saturated rings. The Morgan fingerprint density at radius 1 is 0.605 bits per heavy atom. The molecular weight excluding hydrogens is 505 g/mol. The van der Waals surface area contributed by atoms with Gasteiger partial charge in [-0.25, -0.2) is 9.97 Å². The average molecular weight is 541 g/mol. The number of rotatable bonds is 2. The molecule has 4 nitrogen and oxygen atoms in total. The Morgan fingerprint density at radius 2 is 1.03 bits per heavy atom. The summed E-state index contributed by atoms with van der Waals surface area (Å²) in [6.07, 6.45) is 25.7. The van der Waals surface area contributed by atoms with E-state index in [2.05, 4.69) is 42.0 Å². The number of fused-ring (bicyclic) bond motifs is 6. The molecular formula is C32H36N4S2. The van der Waals surface area contributed by atoms with Crippen molar-refractivity contribution in [1.82, 2.24) is 19.1 Å². The first kappa shape index (κ1) is 22.6. The Morgan fingerprint density at radius 3 is 1.42 bits per heavy atom. The van der Waals surface area contributed by atoms with Gasteiger partial charge in [-0.3, -0.25) is 0 Å². The summed E-state index contributed by atoms with van der Waals surface area (Å²) in [7, 11) is 0. The second kappa shape index (κ2) is 8.17. The summed E-state index contributed by atoms with van der Waals surface area (Å²) >= 11 is 3.88. The summed E-state index contributed by atoms with van der Waals surface area (Å²) in [5, 5.41) is 4.50. The lowest BCUT2D eigenvalue weighted by molar-refractivity contribution is 0.218. The van der Waals surface area contributed by atoms with E-state index in [1.807, 2.05) is 47.7 Å². The molecule has 196 valence electrons. The fourth-order valence-corrected chi connectivity index (χ4v) is 10.8. The summed E-state index contributed by atoms with van der Waals surface area (Å²) in [5.74, 6) is 1.66. The molecule has 2 spiro atoms. The van der Waals surface area contributed by atoms with E-state index in [0.29, 0.717) is 12.1 Å². The first-order valence-corrected chi connectivity index (χ1v) is 16.7. The maximum atomic E-state index is 4.38. The highest BCUT2D eigenvalue weighted by molar-refractivity contribution is 7.11. The van der Waals surface area contributed by atoms with Gasteiger partial charge in [0.1, 0.15) is 0 Å². The summed E-state index contributed by atoms with van der Waals surface area (Å²) < 4.78 is 4.88. The zero-order chi connectivity index (χ0) is 24.9. The molecule has 0 radical (unpaired) electrons. The van der Waals surface area contributed by atoms with Crippen LogP contribution in [0, 0.1) is 22.7 Å². The fourth-order valence-electron chi connectivity index (χ4n) is 8.62. The first-order chi connectivity index (χ1) is 18.7. The number of imidazole rings is 2. The van der Waals surface area contributed by atoms with Gasteiger partial charge in [0.2, 0.25) is 0 Å².